The van der Waals surface area contributed by atoms with Crippen LogP contribution in [-0.4, -0.2) is 10.1 Å². The smallest absolute Gasteiger partial charge is 0.255 e. The Kier molecular flexibility index (Phi) is 3.51. The van der Waals surface area contributed by atoms with Crippen molar-refractivity contribution in [3.63, 3.8) is 0 Å². The summed E-state index contributed by atoms with van der Waals surface area (Å²) in [6.45, 7) is 4.43. The van der Waals surface area contributed by atoms with Gasteiger partial charge in [-0.15, -0.1) is 0 Å². The molecule has 0 aliphatic carbocycles. The molecule has 0 bridgehead atoms. The zero-order valence-corrected chi connectivity index (χ0v) is 9.88. The zero-order valence-electron chi connectivity index (χ0n) is 9.88. The van der Waals surface area contributed by atoms with Crippen LogP contribution in [0.15, 0.2) is 28.8 Å². The third-order valence-corrected chi connectivity index (χ3v) is 2.51. The van der Waals surface area contributed by atoms with Crippen molar-refractivity contribution < 1.29 is 9.36 Å². The summed E-state index contributed by atoms with van der Waals surface area (Å²) in [5.41, 5.74) is 2.20. The maximum atomic E-state index is 4.97. The number of nitrogens with zero attached hydrogens (tertiary/aromatic N) is 2. The predicted octanol–water partition coefficient (Wildman–Crippen LogP) is 2.25. The van der Waals surface area contributed by atoms with Crippen LogP contribution in [0.1, 0.15) is 31.2 Å². The second-order valence-electron chi connectivity index (χ2n) is 4.10. The molecule has 1 aromatic heterocycles. The number of hydrogen-bond acceptors (Lipinski definition) is 5. The normalized spacial score (nSPS) is 11.1. The molecule has 0 atom stereocenters. The summed E-state index contributed by atoms with van der Waals surface area (Å²) in [4.78, 5) is 8.59. The van der Waals surface area contributed by atoms with Gasteiger partial charge in [-0.05, 0) is 11.5 Å². The second kappa shape index (κ2) is 5.07. The summed E-state index contributed by atoms with van der Waals surface area (Å²) < 4.78 is 4.97. The zero-order chi connectivity index (χ0) is 12.3. The van der Waals surface area contributed by atoms with Crippen molar-refractivity contribution in [1.29, 1.82) is 0 Å². The standard InChI is InChI=1S/C12H15N3O2/c1-8(2)9-3-5-10(6-4-9)12-14-11(7-16-13)17-15-12/h3-6,8H,7,13H2,1-2H3. The Morgan fingerprint density at radius 3 is 2.59 bits per heavy atom. The first-order valence-corrected chi connectivity index (χ1v) is 5.45. The monoisotopic (exact) mass is 233 g/mol. The lowest BCUT2D eigenvalue weighted by atomic mass is 10.0. The summed E-state index contributed by atoms with van der Waals surface area (Å²) in [7, 11) is 0. The minimum absolute atomic E-state index is 0.122. The Morgan fingerprint density at radius 2 is 2.00 bits per heavy atom. The molecular weight excluding hydrogens is 218 g/mol. The van der Waals surface area contributed by atoms with Gasteiger partial charge in [-0.3, -0.25) is 4.84 Å². The maximum absolute atomic E-state index is 4.97. The average molecular weight is 233 g/mol. The van der Waals surface area contributed by atoms with Crippen molar-refractivity contribution in [2.45, 2.75) is 26.4 Å². The third-order valence-electron chi connectivity index (χ3n) is 2.51. The van der Waals surface area contributed by atoms with Gasteiger partial charge in [0.25, 0.3) is 5.89 Å². The van der Waals surface area contributed by atoms with E-state index in [9.17, 15) is 0 Å². The van der Waals surface area contributed by atoms with Crippen molar-refractivity contribution in [2.24, 2.45) is 5.90 Å². The molecule has 0 radical (unpaired) electrons. The van der Waals surface area contributed by atoms with E-state index in [0.29, 0.717) is 17.6 Å². The quantitative estimate of drug-likeness (QED) is 0.820. The molecule has 0 aliphatic heterocycles. The highest BCUT2D eigenvalue weighted by Gasteiger charge is 2.08. The third kappa shape index (κ3) is 2.69. The molecule has 5 nitrogen and oxygen atoms in total. The highest BCUT2D eigenvalue weighted by molar-refractivity contribution is 5.54. The Morgan fingerprint density at radius 1 is 1.29 bits per heavy atom. The van der Waals surface area contributed by atoms with Gasteiger partial charge in [-0.1, -0.05) is 43.3 Å². The Labute approximate surface area is 99.5 Å². The van der Waals surface area contributed by atoms with Crippen LogP contribution in [0.4, 0.5) is 0 Å². The molecule has 2 rings (SSSR count). The lowest BCUT2D eigenvalue weighted by molar-refractivity contribution is 0.0996. The largest absolute Gasteiger partial charge is 0.336 e. The highest BCUT2D eigenvalue weighted by Crippen LogP contribution is 2.20. The summed E-state index contributed by atoms with van der Waals surface area (Å²) in [6.07, 6.45) is 0. The molecule has 1 aromatic carbocycles. The molecular formula is C12H15N3O2. The average Bonchev–Trinajstić information content (AvgIpc) is 2.78. The fourth-order valence-corrected chi connectivity index (χ4v) is 1.52. The Hall–Kier alpha value is -1.72. The fourth-order valence-electron chi connectivity index (χ4n) is 1.52. The molecule has 0 saturated heterocycles. The molecule has 0 saturated carbocycles. The van der Waals surface area contributed by atoms with Crippen molar-refractivity contribution in [3.8, 4) is 11.4 Å². The van der Waals surface area contributed by atoms with Crippen molar-refractivity contribution >= 4 is 0 Å². The first-order valence-electron chi connectivity index (χ1n) is 5.45. The number of nitrogens with two attached hydrogens (primary N) is 1. The van der Waals surface area contributed by atoms with Gasteiger partial charge in [0.15, 0.2) is 0 Å². The molecule has 0 aliphatic rings. The SMILES string of the molecule is CC(C)c1ccc(-c2noc(CON)n2)cc1. The van der Waals surface area contributed by atoms with E-state index in [4.69, 9.17) is 10.4 Å². The van der Waals surface area contributed by atoms with E-state index >= 15 is 0 Å². The van der Waals surface area contributed by atoms with Crippen molar-refractivity contribution in [2.75, 3.05) is 0 Å². The molecule has 2 N–H and O–H groups in total. The van der Waals surface area contributed by atoms with E-state index in [1.54, 1.807) is 0 Å². The van der Waals surface area contributed by atoms with Crippen LogP contribution in [0.3, 0.4) is 0 Å². The number of hydrogen-bond donors (Lipinski definition) is 1. The van der Waals surface area contributed by atoms with E-state index < -0.39 is 0 Å². The van der Waals surface area contributed by atoms with Gasteiger partial charge in [-0.25, -0.2) is 5.90 Å². The van der Waals surface area contributed by atoms with E-state index in [1.165, 1.54) is 5.56 Å². The van der Waals surface area contributed by atoms with Crippen LogP contribution in [0, 0.1) is 0 Å². The molecule has 90 valence electrons. The van der Waals surface area contributed by atoms with E-state index in [-0.39, 0.29) is 6.61 Å². The molecule has 0 amide bonds. The molecule has 0 fully saturated rings. The van der Waals surface area contributed by atoms with Gasteiger partial charge in [0, 0.05) is 5.56 Å². The van der Waals surface area contributed by atoms with E-state index in [0.717, 1.165) is 5.56 Å². The van der Waals surface area contributed by atoms with Crippen LogP contribution >= 0.6 is 0 Å². The van der Waals surface area contributed by atoms with Gasteiger partial charge in [-0.2, -0.15) is 4.98 Å². The number of benzene rings is 1. The Balaban J connectivity index is 2.21. The van der Waals surface area contributed by atoms with Crippen LogP contribution in [0.5, 0.6) is 0 Å². The lowest BCUT2D eigenvalue weighted by Crippen LogP contribution is -1.98. The maximum Gasteiger partial charge on any atom is 0.255 e. The van der Waals surface area contributed by atoms with Crippen molar-refractivity contribution in [1.82, 2.24) is 10.1 Å². The van der Waals surface area contributed by atoms with E-state index in [2.05, 4.69) is 41.0 Å². The predicted molar refractivity (Wildman–Crippen MR) is 62.8 cm³/mol. The molecule has 5 heteroatoms. The molecule has 0 unspecified atom stereocenters. The molecule has 1 heterocycles. The van der Waals surface area contributed by atoms with Gasteiger partial charge in [0.05, 0.1) is 0 Å². The van der Waals surface area contributed by atoms with Gasteiger partial charge in [0.2, 0.25) is 5.82 Å². The molecule has 0 spiro atoms. The summed E-state index contributed by atoms with van der Waals surface area (Å²) in [6, 6.07) is 8.09. The number of rotatable bonds is 4. The fraction of sp³-hybridized carbons (Fsp3) is 0.333. The Bertz CT molecular complexity index is 477. The summed E-state index contributed by atoms with van der Waals surface area (Å²) in [5, 5.41) is 3.86. The molecule has 2 aromatic rings. The first kappa shape index (κ1) is 11.8. The van der Waals surface area contributed by atoms with Gasteiger partial charge < -0.3 is 4.52 Å². The number of aromatic nitrogens is 2. The first-order chi connectivity index (χ1) is 8.20. The van der Waals surface area contributed by atoms with E-state index in [1.807, 2.05) is 12.1 Å². The lowest BCUT2D eigenvalue weighted by Gasteiger charge is -2.04. The van der Waals surface area contributed by atoms with Crippen LogP contribution in [-0.2, 0) is 11.4 Å². The van der Waals surface area contributed by atoms with Crippen LogP contribution < -0.4 is 5.90 Å². The second-order valence-corrected chi connectivity index (χ2v) is 4.10. The van der Waals surface area contributed by atoms with Gasteiger partial charge in [0.1, 0.15) is 6.61 Å². The summed E-state index contributed by atoms with van der Waals surface area (Å²) in [5.74, 6) is 6.36. The summed E-state index contributed by atoms with van der Waals surface area (Å²) >= 11 is 0. The van der Waals surface area contributed by atoms with Crippen molar-refractivity contribution in [3.05, 3.63) is 35.7 Å². The minimum Gasteiger partial charge on any atom is -0.336 e. The van der Waals surface area contributed by atoms with Crippen LogP contribution in [0.25, 0.3) is 11.4 Å². The van der Waals surface area contributed by atoms with Gasteiger partial charge >= 0.3 is 0 Å². The van der Waals surface area contributed by atoms with Crippen LogP contribution in [0.2, 0.25) is 0 Å². The topological polar surface area (TPSA) is 74.2 Å². The molecule has 17 heavy (non-hydrogen) atoms. The highest BCUT2D eigenvalue weighted by atomic mass is 16.6. The minimum atomic E-state index is 0.122.